The highest BCUT2D eigenvalue weighted by atomic mass is 32.2. The van der Waals surface area contributed by atoms with E-state index in [0.717, 1.165) is 6.42 Å². The summed E-state index contributed by atoms with van der Waals surface area (Å²) in [6, 6.07) is 0.107. The first-order valence-corrected chi connectivity index (χ1v) is 10.9. The van der Waals surface area contributed by atoms with E-state index in [1.54, 1.807) is 9.21 Å². The fraction of sp³-hybridized carbons (Fsp3) is 0.882. The minimum absolute atomic E-state index is 0.00618. The smallest absolute Gasteiger partial charge is 0.225 e. The second-order valence-electron chi connectivity index (χ2n) is 7.39. The zero-order valence-corrected chi connectivity index (χ0v) is 16.3. The van der Waals surface area contributed by atoms with Gasteiger partial charge in [0, 0.05) is 38.1 Å². The summed E-state index contributed by atoms with van der Waals surface area (Å²) in [5.41, 5.74) is 0. The maximum absolute atomic E-state index is 12.4. The van der Waals surface area contributed by atoms with Gasteiger partial charge >= 0.3 is 0 Å². The van der Waals surface area contributed by atoms with Crippen LogP contribution >= 0.6 is 0 Å². The predicted molar refractivity (Wildman–Crippen MR) is 96.4 cm³/mol. The third-order valence-electron chi connectivity index (χ3n) is 5.10. The SMILES string of the molecule is CCCCS(=O)(=O)N1CCC(NC(=O)C2CC(=O)N(C(C)C)C2)CC1. The molecule has 2 amide bonds. The van der Waals surface area contributed by atoms with E-state index >= 15 is 0 Å². The lowest BCUT2D eigenvalue weighted by atomic mass is 10.0. The second-order valence-corrected chi connectivity index (χ2v) is 9.48. The first-order chi connectivity index (χ1) is 11.7. The number of carbonyl (C=O) groups excluding carboxylic acids is 2. The van der Waals surface area contributed by atoms with Crippen molar-refractivity contribution >= 4 is 21.8 Å². The average molecular weight is 374 g/mol. The Morgan fingerprint density at radius 1 is 1.28 bits per heavy atom. The van der Waals surface area contributed by atoms with Gasteiger partial charge in [0.15, 0.2) is 0 Å². The molecule has 0 bridgehead atoms. The van der Waals surface area contributed by atoms with Crippen molar-refractivity contribution in [2.24, 2.45) is 5.92 Å². The topological polar surface area (TPSA) is 86.8 Å². The van der Waals surface area contributed by atoms with E-state index in [0.29, 0.717) is 38.9 Å². The number of nitrogens with one attached hydrogen (secondary N) is 1. The molecule has 2 rings (SSSR count). The molecule has 2 aliphatic heterocycles. The largest absolute Gasteiger partial charge is 0.353 e. The van der Waals surface area contributed by atoms with E-state index in [1.807, 2.05) is 20.8 Å². The Bertz CT molecular complexity index is 583. The Kier molecular flexibility index (Phi) is 6.85. The number of nitrogens with zero attached hydrogens (tertiary/aromatic N) is 2. The minimum Gasteiger partial charge on any atom is -0.353 e. The van der Waals surface area contributed by atoms with Crippen molar-refractivity contribution in [3.05, 3.63) is 0 Å². The summed E-state index contributed by atoms with van der Waals surface area (Å²) in [6.07, 6.45) is 3.08. The molecule has 8 heteroatoms. The molecule has 1 N–H and O–H groups in total. The fourth-order valence-corrected chi connectivity index (χ4v) is 5.14. The van der Waals surface area contributed by atoms with Gasteiger partial charge in [-0.25, -0.2) is 12.7 Å². The normalized spacial score (nSPS) is 23.4. The number of likely N-dealkylation sites (tertiary alicyclic amines) is 1. The number of hydrogen-bond acceptors (Lipinski definition) is 4. The van der Waals surface area contributed by atoms with E-state index in [-0.39, 0.29) is 42.0 Å². The summed E-state index contributed by atoms with van der Waals surface area (Å²) in [6.45, 7) is 7.27. The van der Waals surface area contributed by atoms with E-state index in [4.69, 9.17) is 0 Å². The summed E-state index contributed by atoms with van der Waals surface area (Å²) >= 11 is 0. The van der Waals surface area contributed by atoms with Crippen molar-refractivity contribution in [2.45, 2.75) is 65.0 Å². The van der Waals surface area contributed by atoms with Crippen molar-refractivity contribution in [1.82, 2.24) is 14.5 Å². The van der Waals surface area contributed by atoms with Gasteiger partial charge in [-0.2, -0.15) is 0 Å². The van der Waals surface area contributed by atoms with Gasteiger partial charge in [-0.1, -0.05) is 13.3 Å². The number of piperidine rings is 1. The van der Waals surface area contributed by atoms with Gasteiger partial charge in [-0.05, 0) is 33.1 Å². The molecule has 0 saturated carbocycles. The molecule has 0 spiro atoms. The molecule has 2 aliphatic rings. The Hall–Kier alpha value is -1.15. The van der Waals surface area contributed by atoms with Crippen molar-refractivity contribution in [1.29, 1.82) is 0 Å². The number of unbranched alkanes of at least 4 members (excludes halogenated alkanes) is 1. The van der Waals surface area contributed by atoms with E-state index in [9.17, 15) is 18.0 Å². The van der Waals surface area contributed by atoms with Crippen molar-refractivity contribution in [2.75, 3.05) is 25.4 Å². The Balaban J connectivity index is 1.80. The van der Waals surface area contributed by atoms with E-state index in [1.165, 1.54) is 0 Å². The molecule has 0 radical (unpaired) electrons. The molecule has 1 atom stereocenters. The fourth-order valence-electron chi connectivity index (χ4n) is 3.46. The predicted octanol–water partition coefficient (Wildman–Crippen LogP) is 0.954. The molecule has 0 aromatic heterocycles. The number of rotatable bonds is 7. The van der Waals surface area contributed by atoms with E-state index < -0.39 is 10.0 Å². The van der Waals surface area contributed by atoms with Crippen LogP contribution in [-0.4, -0.2) is 66.9 Å². The third-order valence-corrected chi connectivity index (χ3v) is 7.06. The summed E-state index contributed by atoms with van der Waals surface area (Å²) in [7, 11) is -3.17. The molecule has 2 fully saturated rings. The van der Waals surface area contributed by atoms with Crippen LogP contribution in [0, 0.1) is 5.92 Å². The minimum atomic E-state index is -3.17. The zero-order valence-electron chi connectivity index (χ0n) is 15.5. The first-order valence-electron chi connectivity index (χ1n) is 9.32. The highest BCUT2D eigenvalue weighted by molar-refractivity contribution is 7.89. The number of hydrogen-bond donors (Lipinski definition) is 1. The van der Waals surface area contributed by atoms with E-state index in [2.05, 4.69) is 5.32 Å². The van der Waals surface area contributed by atoms with Crippen LogP contribution in [0.5, 0.6) is 0 Å². The number of amides is 2. The molecule has 7 nitrogen and oxygen atoms in total. The van der Waals surface area contributed by atoms with Crippen LogP contribution in [0.2, 0.25) is 0 Å². The number of carbonyl (C=O) groups is 2. The number of sulfonamides is 1. The second kappa shape index (κ2) is 8.49. The Morgan fingerprint density at radius 2 is 1.92 bits per heavy atom. The molecule has 0 aromatic rings. The van der Waals surface area contributed by atoms with Crippen LogP contribution in [0.3, 0.4) is 0 Å². The standard InChI is InChI=1S/C17H31N3O4S/c1-4-5-10-25(23,24)19-8-6-15(7-9-19)18-17(22)14-11-16(21)20(12-14)13(2)3/h13-15H,4-12H2,1-3H3,(H,18,22). The van der Waals surface area contributed by atoms with Gasteiger partial charge in [0.25, 0.3) is 0 Å². The summed E-state index contributed by atoms with van der Waals surface area (Å²) < 4.78 is 26.0. The van der Waals surface area contributed by atoms with Crippen LogP contribution in [0.15, 0.2) is 0 Å². The molecule has 2 saturated heterocycles. The average Bonchev–Trinajstić information content (AvgIpc) is 2.96. The highest BCUT2D eigenvalue weighted by Gasteiger charge is 2.36. The maximum atomic E-state index is 12.4. The van der Waals surface area contributed by atoms with Gasteiger partial charge < -0.3 is 10.2 Å². The van der Waals surface area contributed by atoms with Gasteiger partial charge in [-0.15, -0.1) is 0 Å². The van der Waals surface area contributed by atoms with Gasteiger partial charge in [-0.3, -0.25) is 9.59 Å². The Morgan fingerprint density at radius 3 is 2.44 bits per heavy atom. The van der Waals surface area contributed by atoms with Crippen LogP contribution < -0.4 is 5.32 Å². The van der Waals surface area contributed by atoms with Crippen molar-refractivity contribution < 1.29 is 18.0 Å². The quantitative estimate of drug-likeness (QED) is 0.720. The highest BCUT2D eigenvalue weighted by Crippen LogP contribution is 2.21. The maximum Gasteiger partial charge on any atom is 0.225 e. The summed E-state index contributed by atoms with van der Waals surface area (Å²) in [5, 5.41) is 3.02. The van der Waals surface area contributed by atoms with Crippen LogP contribution in [0.4, 0.5) is 0 Å². The molecule has 2 heterocycles. The monoisotopic (exact) mass is 373 g/mol. The molecule has 0 aliphatic carbocycles. The molecule has 0 aromatic carbocycles. The van der Waals surface area contributed by atoms with Crippen molar-refractivity contribution in [3.8, 4) is 0 Å². The van der Waals surface area contributed by atoms with Crippen LogP contribution in [-0.2, 0) is 19.6 Å². The van der Waals surface area contributed by atoms with Gasteiger partial charge in [0.05, 0.1) is 11.7 Å². The lowest BCUT2D eigenvalue weighted by Crippen LogP contribution is -2.48. The van der Waals surface area contributed by atoms with Crippen molar-refractivity contribution in [3.63, 3.8) is 0 Å². The molecule has 144 valence electrons. The summed E-state index contributed by atoms with van der Waals surface area (Å²) in [5.74, 6) is -0.132. The van der Waals surface area contributed by atoms with Crippen LogP contribution in [0.1, 0.15) is 52.9 Å². The first kappa shape index (κ1) is 20.2. The van der Waals surface area contributed by atoms with Gasteiger partial charge in [0.1, 0.15) is 0 Å². The lowest BCUT2D eigenvalue weighted by Gasteiger charge is -2.32. The third kappa shape index (κ3) is 5.17. The summed E-state index contributed by atoms with van der Waals surface area (Å²) in [4.78, 5) is 26.1. The van der Waals surface area contributed by atoms with Gasteiger partial charge in [0.2, 0.25) is 21.8 Å². The molecular formula is C17H31N3O4S. The van der Waals surface area contributed by atoms with Crippen LogP contribution in [0.25, 0.3) is 0 Å². The lowest BCUT2D eigenvalue weighted by molar-refractivity contribution is -0.130. The molecule has 1 unspecified atom stereocenters. The Labute approximate surface area is 151 Å². The molecular weight excluding hydrogens is 342 g/mol. The molecule has 25 heavy (non-hydrogen) atoms. The zero-order chi connectivity index (χ0) is 18.6.